The Hall–Kier alpha value is -1.89. The molecule has 0 fully saturated rings. The third-order valence-corrected chi connectivity index (χ3v) is 2.66. The smallest absolute Gasteiger partial charge is 0.391 e. The van der Waals surface area contributed by atoms with Crippen molar-refractivity contribution in [1.82, 2.24) is 9.78 Å². The molecular formula is C13H12F4N2O. The van der Waals surface area contributed by atoms with E-state index < -0.39 is 23.8 Å². The van der Waals surface area contributed by atoms with Crippen molar-refractivity contribution in [1.29, 1.82) is 0 Å². The number of aliphatic hydroxyl groups is 1. The van der Waals surface area contributed by atoms with Crippen molar-refractivity contribution in [2.45, 2.75) is 25.7 Å². The predicted molar refractivity (Wildman–Crippen MR) is 64.3 cm³/mol. The van der Waals surface area contributed by atoms with Gasteiger partial charge in [0.25, 0.3) is 0 Å². The number of alkyl halides is 3. The van der Waals surface area contributed by atoms with E-state index in [0.717, 1.165) is 16.8 Å². The average molecular weight is 288 g/mol. The summed E-state index contributed by atoms with van der Waals surface area (Å²) in [6.07, 6.45) is -5.52. The second-order valence-corrected chi connectivity index (χ2v) is 4.42. The molecule has 2 aromatic rings. The quantitative estimate of drug-likeness (QED) is 0.881. The average Bonchev–Trinajstić information content (AvgIpc) is 2.72. The Morgan fingerprint density at radius 2 is 1.95 bits per heavy atom. The zero-order chi connectivity index (χ0) is 14.9. The van der Waals surface area contributed by atoms with Crippen LogP contribution in [0.4, 0.5) is 17.6 Å². The van der Waals surface area contributed by atoms with E-state index in [9.17, 15) is 22.7 Å². The largest absolute Gasteiger partial charge is 0.435 e. The van der Waals surface area contributed by atoms with Crippen LogP contribution in [0.3, 0.4) is 0 Å². The second kappa shape index (κ2) is 5.24. The van der Waals surface area contributed by atoms with Crippen molar-refractivity contribution in [3.8, 4) is 11.3 Å². The fraction of sp³-hybridized carbons (Fsp3) is 0.308. The minimum Gasteiger partial charge on any atom is -0.391 e. The van der Waals surface area contributed by atoms with Crippen LogP contribution in [0.1, 0.15) is 12.6 Å². The predicted octanol–water partition coefficient (Wildman–Crippen LogP) is 3.09. The van der Waals surface area contributed by atoms with Gasteiger partial charge in [-0.15, -0.1) is 0 Å². The minimum absolute atomic E-state index is 0.0103. The maximum Gasteiger partial charge on any atom is 0.435 e. The molecule has 0 saturated heterocycles. The summed E-state index contributed by atoms with van der Waals surface area (Å²) in [5.41, 5.74) is -1.12. The lowest BCUT2D eigenvalue weighted by molar-refractivity contribution is -0.141. The topological polar surface area (TPSA) is 38.0 Å². The highest BCUT2D eigenvalue weighted by atomic mass is 19.4. The number of nitrogens with zero attached hydrogens (tertiary/aromatic N) is 2. The number of benzene rings is 1. The molecule has 0 aliphatic rings. The van der Waals surface area contributed by atoms with Crippen LogP contribution in [-0.2, 0) is 12.7 Å². The van der Waals surface area contributed by atoms with Crippen LogP contribution in [0, 0.1) is 5.82 Å². The lowest BCUT2D eigenvalue weighted by atomic mass is 10.1. The molecule has 0 aliphatic carbocycles. The SMILES string of the molecule is CC(O)Cn1nc(C(F)(F)F)cc1-c1ccccc1F. The van der Waals surface area contributed by atoms with Crippen molar-refractivity contribution >= 4 is 0 Å². The first-order chi connectivity index (χ1) is 9.29. The lowest BCUT2D eigenvalue weighted by Gasteiger charge is -2.09. The van der Waals surface area contributed by atoms with Crippen LogP contribution in [0.5, 0.6) is 0 Å². The van der Waals surface area contributed by atoms with Gasteiger partial charge < -0.3 is 5.11 Å². The molecule has 0 radical (unpaired) electrons. The molecule has 1 N–H and O–H groups in total. The highest BCUT2D eigenvalue weighted by Crippen LogP contribution is 2.32. The van der Waals surface area contributed by atoms with Crippen molar-refractivity contribution in [3.63, 3.8) is 0 Å². The molecule has 20 heavy (non-hydrogen) atoms. The zero-order valence-corrected chi connectivity index (χ0v) is 10.5. The number of rotatable bonds is 3. The van der Waals surface area contributed by atoms with Crippen LogP contribution in [0.25, 0.3) is 11.3 Å². The highest BCUT2D eigenvalue weighted by molar-refractivity contribution is 5.61. The van der Waals surface area contributed by atoms with Gasteiger partial charge in [0.15, 0.2) is 5.69 Å². The van der Waals surface area contributed by atoms with Gasteiger partial charge in [-0.1, -0.05) is 12.1 Å². The van der Waals surface area contributed by atoms with Gasteiger partial charge in [-0.2, -0.15) is 18.3 Å². The Kier molecular flexibility index (Phi) is 3.80. The second-order valence-electron chi connectivity index (χ2n) is 4.42. The Morgan fingerprint density at radius 1 is 1.30 bits per heavy atom. The van der Waals surface area contributed by atoms with Crippen molar-refractivity contribution < 1.29 is 22.7 Å². The number of aromatic nitrogens is 2. The van der Waals surface area contributed by atoms with Gasteiger partial charge in [-0.3, -0.25) is 4.68 Å². The number of hydrogen-bond donors (Lipinski definition) is 1. The van der Waals surface area contributed by atoms with Crippen LogP contribution < -0.4 is 0 Å². The van der Waals surface area contributed by atoms with Crippen LogP contribution in [-0.4, -0.2) is 21.0 Å². The maximum absolute atomic E-state index is 13.7. The van der Waals surface area contributed by atoms with E-state index in [4.69, 9.17) is 0 Å². The van der Waals surface area contributed by atoms with Crippen LogP contribution in [0.2, 0.25) is 0 Å². The fourth-order valence-corrected chi connectivity index (χ4v) is 1.83. The van der Waals surface area contributed by atoms with Crippen molar-refractivity contribution in [2.24, 2.45) is 0 Å². The molecule has 0 saturated carbocycles. The van der Waals surface area contributed by atoms with Gasteiger partial charge in [0.05, 0.1) is 18.3 Å². The van der Waals surface area contributed by atoms with E-state index >= 15 is 0 Å². The Balaban J connectivity index is 2.56. The molecule has 0 bridgehead atoms. The summed E-state index contributed by atoms with van der Waals surface area (Å²) in [6.45, 7) is 1.26. The normalized spacial score (nSPS) is 13.5. The molecule has 1 unspecified atom stereocenters. The molecule has 3 nitrogen and oxygen atoms in total. The van der Waals surface area contributed by atoms with E-state index in [1.807, 2.05) is 0 Å². The number of hydrogen-bond acceptors (Lipinski definition) is 2. The van der Waals surface area contributed by atoms with Crippen molar-refractivity contribution in [3.05, 3.63) is 41.8 Å². The van der Waals surface area contributed by atoms with Crippen molar-refractivity contribution in [2.75, 3.05) is 0 Å². The minimum atomic E-state index is -4.62. The molecule has 2 rings (SSSR count). The third kappa shape index (κ3) is 2.98. The summed E-state index contributed by atoms with van der Waals surface area (Å²) in [5.74, 6) is -0.645. The summed E-state index contributed by atoms with van der Waals surface area (Å²) < 4.78 is 52.8. The maximum atomic E-state index is 13.7. The standard InChI is InChI=1S/C13H12F4N2O/c1-8(20)7-19-11(6-12(18-19)13(15,16)17)9-4-2-3-5-10(9)14/h2-6,8,20H,7H2,1H3. The van der Waals surface area contributed by atoms with Crippen LogP contribution in [0.15, 0.2) is 30.3 Å². The van der Waals surface area contributed by atoms with Gasteiger partial charge in [-0.25, -0.2) is 4.39 Å². The molecule has 7 heteroatoms. The summed E-state index contributed by atoms with van der Waals surface area (Å²) in [5, 5.41) is 12.7. The monoisotopic (exact) mass is 288 g/mol. The van der Waals surface area contributed by atoms with E-state index in [0.29, 0.717) is 0 Å². The molecule has 108 valence electrons. The Labute approximate surface area is 112 Å². The first kappa shape index (κ1) is 14.5. The van der Waals surface area contributed by atoms with Crippen LogP contribution >= 0.6 is 0 Å². The molecule has 1 heterocycles. The first-order valence-corrected chi connectivity index (χ1v) is 5.87. The molecule has 1 aromatic carbocycles. The Morgan fingerprint density at radius 3 is 2.50 bits per heavy atom. The number of halogens is 4. The molecule has 1 aromatic heterocycles. The van der Waals surface area contributed by atoms with E-state index in [-0.39, 0.29) is 17.8 Å². The van der Waals surface area contributed by atoms with Gasteiger partial charge in [0.1, 0.15) is 5.82 Å². The van der Waals surface area contributed by atoms with Gasteiger partial charge in [0, 0.05) is 5.56 Å². The van der Waals surface area contributed by atoms with Gasteiger partial charge in [-0.05, 0) is 25.1 Å². The molecule has 0 aliphatic heterocycles. The Bertz CT molecular complexity index is 605. The fourth-order valence-electron chi connectivity index (χ4n) is 1.83. The lowest BCUT2D eigenvalue weighted by Crippen LogP contribution is -2.15. The number of aliphatic hydroxyl groups excluding tert-OH is 1. The zero-order valence-electron chi connectivity index (χ0n) is 10.5. The van der Waals surface area contributed by atoms with E-state index in [1.165, 1.54) is 25.1 Å². The first-order valence-electron chi connectivity index (χ1n) is 5.87. The molecule has 0 spiro atoms. The van der Waals surface area contributed by atoms with Gasteiger partial charge >= 0.3 is 6.18 Å². The van der Waals surface area contributed by atoms with Gasteiger partial charge in [0.2, 0.25) is 0 Å². The molecular weight excluding hydrogens is 276 g/mol. The highest BCUT2D eigenvalue weighted by Gasteiger charge is 2.35. The summed E-state index contributed by atoms with van der Waals surface area (Å²) in [7, 11) is 0. The summed E-state index contributed by atoms with van der Waals surface area (Å²) in [4.78, 5) is 0. The third-order valence-electron chi connectivity index (χ3n) is 2.66. The van der Waals surface area contributed by atoms with E-state index in [1.54, 1.807) is 0 Å². The summed E-state index contributed by atoms with van der Waals surface area (Å²) in [6, 6.07) is 6.26. The summed E-state index contributed by atoms with van der Waals surface area (Å²) >= 11 is 0. The molecule has 1 atom stereocenters. The molecule has 0 amide bonds. The van der Waals surface area contributed by atoms with E-state index in [2.05, 4.69) is 5.10 Å².